The van der Waals surface area contributed by atoms with Gasteiger partial charge in [0.25, 0.3) is 0 Å². The van der Waals surface area contributed by atoms with Crippen molar-refractivity contribution in [1.82, 2.24) is 5.32 Å². The average Bonchev–Trinajstić information content (AvgIpc) is 2.61. The molecule has 0 bridgehead atoms. The third-order valence-corrected chi connectivity index (χ3v) is 3.76. The van der Waals surface area contributed by atoms with Crippen molar-refractivity contribution in [2.45, 2.75) is 12.5 Å². The van der Waals surface area contributed by atoms with E-state index in [0.29, 0.717) is 36.3 Å². The molecular weight excluding hydrogens is 330 g/mol. The molecule has 0 spiro atoms. The summed E-state index contributed by atoms with van der Waals surface area (Å²) in [6, 6.07) is 14.5. The molecule has 1 amide bonds. The van der Waals surface area contributed by atoms with Crippen molar-refractivity contribution in [3.63, 3.8) is 0 Å². The minimum atomic E-state index is -0.193. The highest BCUT2D eigenvalue weighted by Gasteiger charge is 2.20. The molecule has 0 saturated heterocycles. The Kier molecular flexibility index (Phi) is 5.43. The number of halogens is 1. The predicted molar refractivity (Wildman–Crippen MR) is 90.9 cm³/mol. The quantitative estimate of drug-likeness (QED) is 0.872. The van der Waals surface area contributed by atoms with Crippen LogP contribution in [0.2, 0.25) is 5.02 Å². The fourth-order valence-electron chi connectivity index (χ4n) is 2.27. The highest BCUT2D eigenvalue weighted by molar-refractivity contribution is 6.30. The number of rotatable bonds is 6. The van der Waals surface area contributed by atoms with Gasteiger partial charge in [-0.3, -0.25) is 4.79 Å². The first-order valence-corrected chi connectivity index (χ1v) is 8.12. The van der Waals surface area contributed by atoms with E-state index in [4.69, 9.17) is 25.8 Å². The van der Waals surface area contributed by atoms with Crippen molar-refractivity contribution in [3.8, 4) is 17.2 Å². The van der Waals surface area contributed by atoms with Gasteiger partial charge in [0, 0.05) is 5.02 Å². The molecule has 1 aliphatic heterocycles. The van der Waals surface area contributed by atoms with E-state index in [1.807, 2.05) is 24.3 Å². The van der Waals surface area contributed by atoms with E-state index in [2.05, 4.69) is 5.32 Å². The van der Waals surface area contributed by atoms with Crippen LogP contribution in [-0.4, -0.2) is 31.8 Å². The molecule has 2 aromatic carbocycles. The van der Waals surface area contributed by atoms with Gasteiger partial charge in [-0.2, -0.15) is 0 Å². The van der Waals surface area contributed by atoms with E-state index in [1.165, 1.54) is 0 Å². The Bertz CT molecular complexity index is 690. The van der Waals surface area contributed by atoms with Crippen molar-refractivity contribution in [2.24, 2.45) is 0 Å². The van der Waals surface area contributed by atoms with Crippen molar-refractivity contribution in [1.29, 1.82) is 0 Å². The predicted octanol–water partition coefficient (Wildman–Crippen LogP) is 3.07. The molecular formula is C18H18ClNO4. The zero-order chi connectivity index (χ0) is 16.8. The lowest BCUT2D eigenvalue weighted by molar-refractivity contribution is -0.122. The van der Waals surface area contributed by atoms with Gasteiger partial charge in [-0.15, -0.1) is 0 Å². The van der Waals surface area contributed by atoms with Gasteiger partial charge >= 0.3 is 0 Å². The van der Waals surface area contributed by atoms with Crippen molar-refractivity contribution in [2.75, 3.05) is 19.8 Å². The summed E-state index contributed by atoms with van der Waals surface area (Å²) in [5.74, 6) is 2.03. The molecule has 3 rings (SSSR count). The van der Waals surface area contributed by atoms with Crippen LogP contribution in [-0.2, 0) is 4.79 Å². The Morgan fingerprint density at radius 2 is 1.92 bits per heavy atom. The van der Waals surface area contributed by atoms with Gasteiger partial charge in [0.2, 0.25) is 5.91 Å². The summed E-state index contributed by atoms with van der Waals surface area (Å²) in [6.45, 7) is 1.12. The van der Waals surface area contributed by atoms with Crippen LogP contribution in [0, 0.1) is 0 Å². The summed E-state index contributed by atoms with van der Waals surface area (Å²) in [7, 11) is 0. The maximum Gasteiger partial charge on any atom is 0.223 e. The maximum atomic E-state index is 11.9. The Labute approximate surface area is 145 Å². The molecule has 1 atom stereocenters. The first-order valence-electron chi connectivity index (χ1n) is 7.74. The topological polar surface area (TPSA) is 56.8 Å². The highest BCUT2D eigenvalue weighted by atomic mass is 35.5. The molecule has 1 aliphatic rings. The first kappa shape index (κ1) is 16.5. The highest BCUT2D eigenvalue weighted by Crippen LogP contribution is 2.30. The van der Waals surface area contributed by atoms with E-state index >= 15 is 0 Å². The minimum Gasteiger partial charge on any atom is -0.493 e. The second kappa shape index (κ2) is 7.93. The van der Waals surface area contributed by atoms with Crippen LogP contribution in [0.15, 0.2) is 48.5 Å². The van der Waals surface area contributed by atoms with E-state index in [-0.39, 0.29) is 18.4 Å². The molecule has 126 valence electrons. The van der Waals surface area contributed by atoms with Crippen LogP contribution in [0.4, 0.5) is 0 Å². The normalized spacial score (nSPS) is 15.6. The zero-order valence-corrected chi connectivity index (χ0v) is 13.8. The monoisotopic (exact) mass is 347 g/mol. The molecule has 0 saturated carbocycles. The summed E-state index contributed by atoms with van der Waals surface area (Å²) in [6.07, 6.45) is 0.0771. The van der Waals surface area contributed by atoms with E-state index in [0.717, 1.165) is 5.75 Å². The van der Waals surface area contributed by atoms with E-state index < -0.39 is 0 Å². The number of hydrogen-bond acceptors (Lipinski definition) is 4. The van der Waals surface area contributed by atoms with Gasteiger partial charge in [-0.1, -0.05) is 23.7 Å². The van der Waals surface area contributed by atoms with Crippen LogP contribution in [0.5, 0.6) is 17.2 Å². The first-order chi connectivity index (χ1) is 11.7. The number of amides is 1. The van der Waals surface area contributed by atoms with Crippen LogP contribution in [0.3, 0.4) is 0 Å². The Morgan fingerprint density at radius 1 is 1.17 bits per heavy atom. The second-order valence-electron chi connectivity index (χ2n) is 5.35. The number of para-hydroxylation sites is 2. The molecule has 0 fully saturated rings. The summed E-state index contributed by atoms with van der Waals surface area (Å²) < 4.78 is 16.9. The molecule has 1 N–H and O–H groups in total. The van der Waals surface area contributed by atoms with Gasteiger partial charge in [-0.25, -0.2) is 0 Å². The average molecular weight is 348 g/mol. The number of nitrogens with one attached hydrogen (secondary N) is 1. The third kappa shape index (κ3) is 4.55. The molecule has 0 aromatic heterocycles. The molecule has 0 radical (unpaired) electrons. The van der Waals surface area contributed by atoms with Gasteiger partial charge in [-0.05, 0) is 36.4 Å². The number of carbonyl (C=O) groups excluding carboxylic acids is 1. The third-order valence-electron chi connectivity index (χ3n) is 3.51. The molecule has 24 heavy (non-hydrogen) atoms. The number of carbonyl (C=O) groups is 1. The Balaban J connectivity index is 1.36. The van der Waals surface area contributed by atoms with Gasteiger partial charge in [0.1, 0.15) is 18.5 Å². The molecule has 1 unspecified atom stereocenters. The summed E-state index contributed by atoms with van der Waals surface area (Å²) >= 11 is 5.80. The van der Waals surface area contributed by atoms with Gasteiger partial charge in [0.05, 0.1) is 19.6 Å². The maximum absolute atomic E-state index is 11.9. The van der Waals surface area contributed by atoms with E-state index in [1.54, 1.807) is 24.3 Å². The molecule has 6 heteroatoms. The Morgan fingerprint density at radius 3 is 2.71 bits per heavy atom. The zero-order valence-electron chi connectivity index (χ0n) is 13.0. The summed E-state index contributed by atoms with van der Waals surface area (Å²) in [5, 5.41) is 3.48. The lowest BCUT2D eigenvalue weighted by Gasteiger charge is -2.26. The van der Waals surface area contributed by atoms with Crippen LogP contribution in [0.1, 0.15) is 6.42 Å². The van der Waals surface area contributed by atoms with Crippen LogP contribution in [0.25, 0.3) is 0 Å². The second-order valence-corrected chi connectivity index (χ2v) is 5.79. The standard InChI is InChI=1S/C18H18ClNO4/c19-13-5-7-14(8-6-13)22-10-9-18(21)20-11-15-12-23-16-3-1-2-4-17(16)24-15/h1-8,15H,9-12H2,(H,20,21). The molecule has 5 nitrogen and oxygen atoms in total. The number of ether oxygens (including phenoxy) is 3. The van der Waals surface area contributed by atoms with Gasteiger partial charge < -0.3 is 19.5 Å². The summed E-state index contributed by atoms with van der Waals surface area (Å²) in [5.41, 5.74) is 0. The number of fused-ring (bicyclic) bond motifs is 1. The van der Waals surface area contributed by atoms with Crippen molar-refractivity contribution < 1.29 is 19.0 Å². The van der Waals surface area contributed by atoms with Crippen LogP contribution < -0.4 is 19.5 Å². The fourth-order valence-corrected chi connectivity index (χ4v) is 2.40. The molecule has 2 aromatic rings. The van der Waals surface area contributed by atoms with Gasteiger partial charge in [0.15, 0.2) is 11.5 Å². The number of hydrogen-bond donors (Lipinski definition) is 1. The fraction of sp³-hybridized carbons (Fsp3) is 0.278. The van der Waals surface area contributed by atoms with Crippen LogP contribution >= 0.6 is 11.6 Å². The smallest absolute Gasteiger partial charge is 0.223 e. The van der Waals surface area contributed by atoms with Crippen molar-refractivity contribution in [3.05, 3.63) is 53.6 Å². The van der Waals surface area contributed by atoms with Crippen molar-refractivity contribution >= 4 is 17.5 Å². The molecule has 0 aliphatic carbocycles. The summed E-state index contributed by atoms with van der Waals surface area (Å²) in [4.78, 5) is 11.9. The lowest BCUT2D eigenvalue weighted by atomic mass is 10.2. The number of benzene rings is 2. The SMILES string of the molecule is O=C(CCOc1ccc(Cl)cc1)NCC1COc2ccccc2O1. The van der Waals surface area contributed by atoms with E-state index in [9.17, 15) is 4.79 Å². The lowest BCUT2D eigenvalue weighted by Crippen LogP contribution is -2.41. The largest absolute Gasteiger partial charge is 0.493 e. The Hall–Kier alpha value is -2.40. The molecule has 1 heterocycles. The minimum absolute atomic E-state index is 0.0913.